The number of carbonyl (C=O) groups is 1. The number of nitro groups is 1. The van der Waals surface area contributed by atoms with E-state index in [-0.39, 0.29) is 0 Å². The smallest absolute Gasteiger partial charge is 0.339 e. The van der Waals surface area contributed by atoms with E-state index in [4.69, 9.17) is 9.66 Å². The largest absolute Gasteiger partial charge is 0.501 e. The van der Waals surface area contributed by atoms with Gasteiger partial charge in [-0.1, -0.05) is 0 Å². The van der Waals surface area contributed by atoms with Crippen molar-refractivity contribution in [2.75, 3.05) is 0 Å². The van der Waals surface area contributed by atoms with Crippen LogP contribution in [0.5, 0.6) is 5.75 Å². The van der Waals surface area contributed by atoms with Gasteiger partial charge >= 0.3 is 21.8 Å². The molecule has 1 rings (SSSR count). The van der Waals surface area contributed by atoms with Crippen molar-refractivity contribution in [1.29, 1.82) is 0 Å². The lowest BCUT2D eigenvalue weighted by molar-refractivity contribution is -0.389. The van der Waals surface area contributed by atoms with Crippen LogP contribution in [0.1, 0.15) is 10.4 Å². The van der Waals surface area contributed by atoms with Gasteiger partial charge in [0.25, 0.3) is 0 Å². The maximum atomic E-state index is 10.8. The molecule has 92 valence electrons. The number of hydrogen-bond acceptors (Lipinski definition) is 6. The summed E-state index contributed by atoms with van der Waals surface area (Å²) in [5, 5.41) is 28.4. The Hall–Kier alpha value is -2.20. The van der Waals surface area contributed by atoms with E-state index in [1.807, 2.05) is 0 Å². The lowest BCUT2D eigenvalue weighted by atomic mass is 10.2. The standard InChI is InChI=1S/C7H5NO8S/c9-6-3(7(10)11)1-2-4(17(14,15)16)5(6)8(12)13/h1-2,9H,(H,10,11)(H,14,15,16). The highest BCUT2D eigenvalue weighted by Crippen LogP contribution is 2.35. The van der Waals surface area contributed by atoms with Gasteiger partial charge in [-0.15, -0.1) is 0 Å². The monoisotopic (exact) mass is 263 g/mol. The molecule has 0 aliphatic rings. The van der Waals surface area contributed by atoms with Crippen molar-refractivity contribution in [3.8, 4) is 5.75 Å². The molecule has 0 aliphatic carbocycles. The summed E-state index contributed by atoms with van der Waals surface area (Å²) in [4.78, 5) is 18.6. The number of nitrogens with zero attached hydrogens (tertiary/aromatic N) is 1. The Balaban J connectivity index is 3.75. The Labute approximate surface area is 93.8 Å². The first kappa shape index (κ1) is 12.9. The minimum absolute atomic E-state index is 0.524. The van der Waals surface area contributed by atoms with Gasteiger partial charge in [-0.3, -0.25) is 14.7 Å². The van der Waals surface area contributed by atoms with E-state index in [0.717, 1.165) is 0 Å². The van der Waals surface area contributed by atoms with Gasteiger partial charge in [-0.05, 0) is 12.1 Å². The number of aromatic carboxylic acids is 1. The highest BCUT2D eigenvalue weighted by Gasteiger charge is 2.31. The number of benzene rings is 1. The third-order valence-corrected chi connectivity index (χ3v) is 2.69. The van der Waals surface area contributed by atoms with Crippen molar-refractivity contribution in [1.82, 2.24) is 0 Å². The fourth-order valence-corrected chi connectivity index (χ4v) is 1.77. The molecule has 0 atom stereocenters. The Bertz CT molecular complexity index is 605. The Morgan fingerprint density at radius 2 is 1.88 bits per heavy atom. The molecule has 10 heteroatoms. The molecular weight excluding hydrogens is 258 g/mol. The molecule has 3 N–H and O–H groups in total. The van der Waals surface area contributed by atoms with Gasteiger partial charge in [0.05, 0.1) is 4.92 Å². The molecule has 1 aromatic carbocycles. The number of hydrogen-bond donors (Lipinski definition) is 3. The zero-order chi connectivity index (χ0) is 13.4. The minimum atomic E-state index is -4.94. The lowest BCUT2D eigenvalue weighted by Gasteiger charge is -2.04. The van der Waals surface area contributed by atoms with Crippen molar-refractivity contribution in [3.63, 3.8) is 0 Å². The SMILES string of the molecule is O=C(O)c1ccc(S(=O)(=O)O)c([N+](=O)[O-])c1O. The van der Waals surface area contributed by atoms with Crippen LogP contribution in [0, 0.1) is 10.1 Å². The molecule has 0 aromatic heterocycles. The molecule has 0 unspecified atom stereocenters. The number of carboxylic acid groups (broad SMARTS) is 1. The second kappa shape index (κ2) is 3.99. The van der Waals surface area contributed by atoms with Crippen molar-refractivity contribution in [3.05, 3.63) is 27.8 Å². The topological polar surface area (TPSA) is 155 Å². The first-order chi connectivity index (χ1) is 7.66. The normalized spacial score (nSPS) is 11.1. The average molecular weight is 263 g/mol. The van der Waals surface area contributed by atoms with Gasteiger partial charge in [0, 0.05) is 0 Å². The van der Waals surface area contributed by atoms with E-state index in [1.165, 1.54) is 0 Å². The fourth-order valence-electron chi connectivity index (χ4n) is 1.12. The summed E-state index contributed by atoms with van der Waals surface area (Å²) in [6.07, 6.45) is 0. The van der Waals surface area contributed by atoms with Crippen LogP contribution in [0.25, 0.3) is 0 Å². The number of aromatic hydroxyl groups is 1. The Kier molecular flexibility index (Phi) is 3.02. The minimum Gasteiger partial charge on any atom is -0.501 e. The third-order valence-electron chi connectivity index (χ3n) is 1.81. The maximum absolute atomic E-state index is 10.8. The fraction of sp³-hybridized carbons (Fsp3) is 0. The number of carboxylic acids is 1. The summed E-state index contributed by atoms with van der Waals surface area (Å²) in [5.74, 6) is -3.01. The van der Waals surface area contributed by atoms with Crippen molar-refractivity contribution < 1.29 is 32.9 Å². The van der Waals surface area contributed by atoms with Crippen LogP contribution in [0.3, 0.4) is 0 Å². The van der Waals surface area contributed by atoms with Crippen LogP contribution >= 0.6 is 0 Å². The molecule has 0 amide bonds. The van der Waals surface area contributed by atoms with Crippen LogP contribution in [0.15, 0.2) is 17.0 Å². The summed E-state index contributed by atoms with van der Waals surface area (Å²) in [6.45, 7) is 0. The van der Waals surface area contributed by atoms with Gasteiger partial charge in [-0.2, -0.15) is 8.42 Å². The molecule has 0 radical (unpaired) electrons. The molecule has 0 saturated carbocycles. The molecule has 0 bridgehead atoms. The Morgan fingerprint density at radius 1 is 1.35 bits per heavy atom. The van der Waals surface area contributed by atoms with Crippen molar-refractivity contribution in [2.24, 2.45) is 0 Å². The molecule has 1 aromatic rings. The molecule has 0 spiro atoms. The maximum Gasteiger partial charge on any atom is 0.339 e. The van der Waals surface area contributed by atoms with E-state index in [0.29, 0.717) is 12.1 Å². The van der Waals surface area contributed by atoms with Crippen molar-refractivity contribution >= 4 is 21.8 Å². The first-order valence-electron chi connectivity index (χ1n) is 3.87. The molecule has 17 heavy (non-hydrogen) atoms. The second-order valence-electron chi connectivity index (χ2n) is 2.85. The highest BCUT2D eigenvalue weighted by atomic mass is 32.2. The van der Waals surface area contributed by atoms with E-state index in [9.17, 15) is 28.4 Å². The van der Waals surface area contributed by atoms with Crippen LogP contribution < -0.4 is 0 Å². The summed E-state index contributed by atoms with van der Waals surface area (Å²) in [5.41, 5.74) is -2.23. The summed E-state index contributed by atoms with van der Waals surface area (Å²) in [7, 11) is -4.94. The number of nitro benzene ring substituents is 1. The molecule has 9 nitrogen and oxygen atoms in total. The molecule has 0 heterocycles. The molecule has 0 saturated heterocycles. The van der Waals surface area contributed by atoms with Gasteiger partial charge in [0.15, 0.2) is 4.90 Å². The van der Waals surface area contributed by atoms with Gasteiger partial charge in [-0.25, -0.2) is 4.79 Å². The number of phenols is 1. The average Bonchev–Trinajstić information content (AvgIpc) is 2.14. The lowest BCUT2D eigenvalue weighted by Crippen LogP contribution is -2.06. The highest BCUT2D eigenvalue weighted by molar-refractivity contribution is 7.86. The summed E-state index contributed by atoms with van der Waals surface area (Å²) >= 11 is 0. The van der Waals surface area contributed by atoms with E-state index >= 15 is 0 Å². The van der Waals surface area contributed by atoms with Gasteiger partial charge in [0.2, 0.25) is 5.75 Å². The van der Waals surface area contributed by atoms with Crippen molar-refractivity contribution in [2.45, 2.75) is 4.90 Å². The van der Waals surface area contributed by atoms with Crippen LogP contribution in [-0.4, -0.2) is 34.1 Å². The summed E-state index contributed by atoms with van der Waals surface area (Å²) in [6, 6.07) is 1.16. The van der Waals surface area contributed by atoms with Gasteiger partial charge in [0.1, 0.15) is 5.56 Å². The molecule has 0 fully saturated rings. The quantitative estimate of drug-likeness (QED) is 0.398. The van der Waals surface area contributed by atoms with E-state index in [2.05, 4.69) is 0 Å². The zero-order valence-corrected chi connectivity index (χ0v) is 8.71. The Morgan fingerprint density at radius 3 is 2.24 bits per heavy atom. The van der Waals surface area contributed by atoms with Crippen LogP contribution in [0.4, 0.5) is 5.69 Å². The predicted molar refractivity (Wildman–Crippen MR) is 51.5 cm³/mol. The zero-order valence-electron chi connectivity index (χ0n) is 7.89. The van der Waals surface area contributed by atoms with E-state index in [1.54, 1.807) is 0 Å². The van der Waals surface area contributed by atoms with Gasteiger partial charge < -0.3 is 10.2 Å². The third kappa shape index (κ3) is 2.32. The predicted octanol–water partition coefficient (Wildman–Crippen LogP) is 0.245. The first-order valence-corrected chi connectivity index (χ1v) is 5.31. The number of rotatable bonds is 3. The van der Waals surface area contributed by atoms with E-state index < -0.39 is 42.9 Å². The summed E-state index contributed by atoms with van der Waals surface area (Å²) < 4.78 is 30.3. The molecule has 0 aliphatic heterocycles. The second-order valence-corrected chi connectivity index (χ2v) is 4.24. The van der Waals surface area contributed by atoms with Crippen LogP contribution in [0.2, 0.25) is 0 Å². The molecular formula is C7H5NO8S. The van der Waals surface area contributed by atoms with Crippen LogP contribution in [-0.2, 0) is 10.1 Å².